The van der Waals surface area contributed by atoms with Crippen molar-refractivity contribution in [3.63, 3.8) is 0 Å². The zero-order chi connectivity index (χ0) is 18.5. The highest BCUT2D eigenvalue weighted by Gasteiger charge is 2.33. The summed E-state index contributed by atoms with van der Waals surface area (Å²) in [5.41, 5.74) is 3.76. The average Bonchev–Trinajstić information content (AvgIpc) is 3.00. The van der Waals surface area contributed by atoms with Crippen LogP contribution < -0.4 is 5.32 Å². The molecule has 130 valence electrons. The van der Waals surface area contributed by atoms with Crippen molar-refractivity contribution in [2.45, 2.75) is 25.8 Å². The van der Waals surface area contributed by atoms with Crippen LogP contribution in [-0.2, 0) is 11.3 Å². The molecule has 2 heterocycles. The first-order valence-corrected chi connectivity index (χ1v) is 8.55. The fourth-order valence-corrected chi connectivity index (χ4v) is 3.14. The van der Waals surface area contributed by atoms with Crippen molar-refractivity contribution in [3.05, 3.63) is 58.9 Å². The summed E-state index contributed by atoms with van der Waals surface area (Å²) >= 11 is 0. The summed E-state index contributed by atoms with van der Waals surface area (Å²) in [6.07, 6.45) is 2.28. The number of carbonyl (C=O) groups excluding carboxylic acids is 1. The van der Waals surface area contributed by atoms with E-state index < -0.39 is 5.92 Å². The highest BCUT2D eigenvalue weighted by atomic mass is 16.2. The average molecular weight is 345 g/mol. The number of benzene rings is 1. The predicted molar refractivity (Wildman–Crippen MR) is 97.0 cm³/mol. The molecule has 1 aliphatic rings. The van der Waals surface area contributed by atoms with Crippen LogP contribution >= 0.6 is 0 Å². The Morgan fingerprint density at radius 2 is 2.12 bits per heavy atom. The first-order chi connectivity index (χ1) is 12.7. The number of amides is 1. The second kappa shape index (κ2) is 7.77. The summed E-state index contributed by atoms with van der Waals surface area (Å²) in [6, 6.07) is 13.3. The van der Waals surface area contributed by atoms with Gasteiger partial charge in [-0.25, -0.2) is 0 Å². The van der Waals surface area contributed by atoms with Gasteiger partial charge in [0.2, 0.25) is 5.91 Å². The Morgan fingerprint density at radius 3 is 2.77 bits per heavy atom. The smallest absolute Gasteiger partial charge is 0.238 e. The largest absolute Gasteiger partial charge is 0.325 e. The molecule has 1 amide bonds. The molecule has 0 aliphatic carbocycles. The predicted octanol–water partition coefficient (Wildman–Crippen LogP) is 2.77. The fourth-order valence-electron chi connectivity index (χ4n) is 3.14. The van der Waals surface area contributed by atoms with E-state index in [4.69, 9.17) is 10.5 Å². The van der Waals surface area contributed by atoms with Crippen molar-refractivity contribution in [3.8, 4) is 12.1 Å². The van der Waals surface area contributed by atoms with Crippen LogP contribution in [0.5, 0.6) is 0 Å². The number of anilines is 1. The second-order valence-corrected chi connectivity index (χ2v) is 6.20. The standard InChI is InChI=1S/C20H19N5O/c1-2-25(9-3-8-21)13-15-5-7-18(23-12-15)19-16-10-14(11-22)4-6-17(16)24-20(19)26/h4-7,10,12,19H,2-3,9,13H2,1H3,(H,24,26). The topological polar surface area (TPSA) is 92.8 Å². The van der Waals surface area contributed by atoms with Crippen molar-refractivity contribution in [2.75, 3.05) is 18.4 Å². The van der Waals surface area contributed by atoms with Gasteiger partial charge in [-0.1, -0.05) is 13.0 Å². The molecule has 1 N–H and O–H groups in total. The minimum atomic E-state index is -0.492. The van der Waals surface area contributed by atoms with E-state index in [1.54, 1.807) is 24.4 Å². The lowest BCUT2D eigenvalue weighted by Gasteiger charge is -2.19. The van der Waals surface area contributed by atoms with E-state index in [1.807, 2.05) is 12.1 Å². The molecule has 26 heavy (non-hydrogen) atoms. The Labute approximate surface area is 152 Å². The van der Waals surface area contributed by atoms with Crippen LogP contribution in [0.3, 0.4) is 0 Å². The van der Waals surface area contributed by atoms with E-state index in [-0.39, 0.29) is 5.91 Å². The molecule has 1 atom stereocenters. The molecule has 6 heteroatoms. The van der Waals surface area contributed by atoms with Crippen LogP contribution in [0.2, 0.25) is 0 Å². The number of hydrogen-bond donors (Lipinski definition) is 1. The summed E-state index contributed by atoms with van der Waals surface area (Å²) < 4.78 is 0. The summed E-state index contributed by atoms with van der Waals surface area (Å²) in [4.78, 5) is 19.1. The van der Waals surface area contributed by atoms with E-state index in [1.165, 1.54) is 0 Å². The van der Waals surface area contributed by atoms with Crippen LogP contribution in [0.1, 0.15) is 41.6 Å². The highest BCUT2D eigenvalue weighted by molar-refractivity contribution is 6.04. The van der Waals surface area contributed by atoms with Crippen molar-refractivity contribution >= 4 is 11.6 Å². The molecule has 1 aliphatic heterocycles. The zero-order valence-electron chi connectivity index (χ0n) is 14.6. The number of nitrogens with zero attached hydrogens (tertiary/aromatic N) is 4. The summed E-state index contributed by atoms with van der Waals surface area (Å²) in [5, 5.41) is 20.7. The lowest BCUT2D eigenvalue weighted by molar-refractivity contribution is -0.116. The van der Waals surface area contributed by atoms with E-state index in [2.05, 4.69) is 34.3 Å². The third-order valence-electron chi connectivity index (χ3n) is 4.55. The Bertz CT molecular complexity index is 892. The van der Waals surface area contributed by atoms with Crippen molar-refractivity contribution in [1.29, 1.82) is 10.5 Å². The van der Waals surface area contributed by atoms with Gasteiger partial charge in [-0.3, -0.25) is 14.7 Å². The maximum atomic E-state index is 12.4. The lowest BCUT2D eigenvalue weighted by atomic mass is 9.95. The van der Waals surface area contributed by atoms with Crippen LogP contribution in [-0.4, -0.2) is 28.9 Å². The Hall–Kier alpha value is -3.22. The molecule has 6 nitrogen and oxygen atoms in total. The van der Waals surface area contributed by atoms with E-state index in [0.29, 0.717) is 17.7 Å². The van der Waals surface area contributed by atoms with Gasteiger partial charge in [0.05, 0.1) is 23.4 Å². The molecule has 2 aromatic rings. The number of nitrogens with one attached hydrogen (secondary N) is 1. The number of fused-ring (bicyclic) bond motifs is 1. The fraction of sp³-hybridized carbons (Fsp3) is 0.300. The second-order valence-electron chi connectivity index (χ2n) is 6.20. The SMILES string of the molecule is CCN(CCC#N)Cc1ccc(C2C(=O)Nc3ccc(C#N)cc32)nc1. The van der Waals surface area contributed by atoms with Crippen molar-refractivity contribution in [1.82, 2.24) is 9.88 Å². The van der Waals surface area contributed by atoms with Gasteiger partial charge in [0, 0.05) is 31.4 Å². The molecule has 3 rings (SSSR count). The van der Waals surface area contributed by atoms with Gasteiger partial charge >= 0.3 is 0 Å². The van der Waals surface area contributed by atoms with Crippen LogP contribution in [0, 0.1) is 22.7 Å². The molecule has 1 unspecified atom stereocenters. The number of pyridine rings is 1. The molecule has 0 spiro atoms. The molecular formula is C20H19N5O. The lowest BCUT2D eigenvalue weighted by Crippen LogP contribution is -2.24. The molecule has 1 aromatic carbocycles. The summed E-state index contributed by atoms with van der Waals surface area (Å²) in [7, 11) is 0. The first kappa shape index (κ1) is 17.6. The highest BCUT2D eigenvalue weighted by Crippen LogP contribution is 2.36. The van der Waals surface area contributed by atoms with Gasteiger partial charge in [-0.05, 0) is 41.9 Å². The number of aromatic nitrogens is 1. The van der Waals surface area contributed by atoms with Gasteiger partial charge in [0.25, 0.3) is 0 Å². The third-order valence-corrected chi connectivity index (χ3v) is 4.55. The molecular weight excluding hydrogens is 326 g/mol. The monoisotopic (exact) mass is 345 g/mol. The normalized spacial score (nSPS) is 15.2. The number of hydrogen-bond acceptors (Lipinski definition) is 5. The molecule has 0 saturated heterocycles. The molecule has 0 saturated carbocycles. The minimum absolute atomic E-state index is 0.125. The molecule has 0 bridgehead atoms. The Balaban J connectivity index is 1.80. The van der Waals surface area contributed by atoms with Crippen LogP contribution in [0.4, 0.5) is 5.69 Å². The summed E-state index contributed by atoms with van der Waals surface area (Å²) in [6.45, 7) is 4.37. The zero-order valence-corrected chi connectivity index (χ0v) is 14.6. The van der Waals surface area contributed by atoms with Crippen molar-refractivity contribution in [2.24, 2.45) is 0 Å². The van der Waals surface area contributed by atoms with Gasteiger partial charge in [0.15, 0.2) is 0 Å². The molecule has 0 fully saturated rings. The molecule has 0 radical (unpaired) electrons. The summed E-state index contributed by atoms with van der Waals surface area (Å²) in [5.74, 6) is -0.618. The quantitative estimate of drug-likeness (QED) is 0.869. The first-order valence-electron chi connectivity index (χ1n) is 8.55. The van der Waals surface area contributed by atoms with Crippen LogP contribution in [0.25, 0.3) is 0 Å². The Kier molecular flexibility index (Phi) is 5.26. The van der Waals surface area contributed by atoms with E-state index in [9.17, 15) is 4.79 Å². The van der Waals surface area contributed by atoms with E-state index in [0.717, 1.165) is 36.4 Å². The van der Waals surface area contributed by atoms with Gasteiger partial charge in [0.1, 0.15) is 5.92 Å². The third kappa shape index (κ3) is 3.56. The number of rotatable bonds is 6. The van der Waals surface area contributed by atoms with Gasteiger partial charge in [-0.15, -0.1) is 0 Å². The number of nitriles is 2. The maximum Gasteiger partial charge on any atom is 0.238 e. The number of carbonyl (C=O) groups is 1. The van der Waals surface area contributed by atoms with Gasteiger partial charge < -0.3 is 5.32 Å². The minimum Gasteiger partial charge on any atom is -0.325 e. The maximum absolute atomic E-state index is 12.4. The van der Waals surface area contributed by atoms with Crippen molar-refractivity contribution < 1.29 is 4.79 Å². The Morgan fingerprint density at radius 1 is 1.27 bits per heavy atom. The van der Waals surface area contributed by atoms with E-state index >= 15 is 0 Å². The van der Waals surface area contributed by atoms with Crippen LogP contribution in [0.15, 0.2) is 36.5 Å². The van der Waals surface area contributed by atoms with Gasteiger partial charge in [-0.2, -0.15) is 10.5 Å². The molecule has 1 aromatic heterocycles.